The number of aromatic nitrogens is 2. The highest BCUT2D eigenvalue weighted by molar-refractivity contribution is 5.98. The monoisotopic (exact) mass is 415 g/mol. The molecule has 1 aromatic carbocycles. The molecule has 0 radical (unpaired) electrons. The lowest BCUT2D eigenvalue weighted by molar-refractivity contribution is -0.120. The Morgan fingerprint density at radius 3 is 2.77 bits per heavy atom. The van der Waals surface area contributed by atoms with Gasteiger partial charge in [-0.05, 0) is 38.7 Å². The number of rotatable bonds is 6. The van der Waals surface area contributed by atoms with E-state index in [9.17, 15) is 9.18 Å². The number of nitrogens with one attached hydrogen (secondary N) is 1. The van der Waals surface area contributed by atoms with Crippen LogP contribution in [0.4, 0.5) is 10.1 Å². The van der Waals surface area contributed by atoms with Gasteiger partial charge in [0.05, 0.1) is 24.5 Å². The van der Waals surface area contributed by atoms with Crippen LogP contribution in [0.3, 0.4) is 0 Å². The Balaban J connectivity index is 1.73. The summed E-state index contributed by atoms with van der Waals surface area (Å²) in [7, 11) is 5.74. The molecule has 8 nitrogen and oxygen atoms in total. The number of hydrogen-bond donors (Lipinski definition) is 1. The average Bonchev–Trinajstić information content (AvgIpc) is 3.13. The maximum atomic E-state index is 13.7. The van der Waals surface area contributed by atoms with E-state index in [0.717, 1.165) is 11.3 Å². The minimum atomic E-state index is -0.257. The number of likely N-dealkylation sites (N-methyl/N-ethyl adjacent to an activating group) is 1. The van der Waals surface area contributed by atoms with Gasteiger partial charge in [-0.15, -0.1) is 0 Å². The molecule has 2 aromatic rings. The van der Waals surface area contributed by atoms with E-state index in [-0.39, 0.29) is 24.3 Å². The van der Waals surface area contributed by atoms with E-state index >= 15 is 0 Å². The Hall–Kier alpha value is -2.94. The normalized spacial score (nSPS) is 16.3. The van der Waals surface area contributed by atoms with Gasteiger partial charge in [-0.3, -0.25) is 14.5 Å². The van der Waals surface area contributed by atoms with Crippen LogP contribution in [0.25, 0.3) is 0 Å². The van der Waals surface area contributed by atoms with Gasteiger partial charge in [0.1, 0.15) is 12.4 Å². The molecule has 3 rings (SSSR count). The van der Waals surface area contributed by atoms with Crippen LogP contribution in [0.1, 0.15) is 18.5 Å². The van der Waals surface area contributed by atoms with Crippen LogP contribution in [-0.2, 0) is 11.8 Å². The lowest BCUT2D eigenvalue weighted by Gasteiger charge is -2.35. The summed E-state index contributed by atoms with van der Waals surface area (Å²) in [6, 6.07) is 6.54. The predicted molar refractivity (Wildman–Crippen MR) is 116 cm³/mol. The molecule has 1 aliphatic rings. The molecule has 30 heavy (non-hydrogen) atoms. The van der Waals surface area contributed by atoms with Crippen molar-refractivity contribution in [1.29, 1.82) is 0 Å². The van der Waals surface area contributed by atoms with Crippen LogP contribution in [-0.4, -0.2) is 78.3 Å². The number of carbonyl (C=O) groups is 1. The number of aryl methyl sites for hydroxylation is 1. The van der Waals surface area contributed by atoms with Crippen molar-refractivity contribution < 1.29 is 9.18 Å². The van der Waals surface area contributed by atoms with Crippen LogP contribution in [0, 0.1) is 5.82 Å². The van der Waals surface area contributed by atoms with Crippen LogP contribution in [0.5, 0.6) is 0 Å². The molecule has 1 fully saturated rings. The summed E-state index contributed by atoms with van der Waals surface area (Å²) < 4.78 is 15.4. The Labute approximate surface area is 177 Å². The van der Waals surface area contributed by atoms with E-state index in [2.05, 4.69) is 10.4 Å². The van der Waals surface area contributed by atoms with Gasteiger partial charge in [-0.25, -0.2) is 4.39 Å². The SMILES string of the molecule is CCNC(=NCC(c1cccc(F)c1)N(C)C)N1CCN(c2cnn(C)c2)C(=O)C1. The van der Waals surface area contributed by atoms with Crippen LogP contribution < -0.4 is 10.2 Å². The second kappa shape index (κ2) is 9.71. The van der Waals surface area contributed by atoms with E-state index in [4.69, 9.17) is 4.99 Å². The largest absolute Gasteiger partial charge is 0.357 e. The number of piperazine rings is 1. The van der Waals surface area contributed by atoms with E-state index in [0.29, 0.717) is 32.1 Å². The van der Waals surface area contributed by atoms with Gasteiger partial charge in [0.15, 0.2) is 5.96 Å². The summed E-state index contributed by atoms with van der Waals surface area (Å²) in [5.41, 5.74) is 1.68. The highest BCUT2D eigenvalue weighted by atomic mass is 19.1. The van der Waals surface area contributed by atoms with Gasteiger partial charge in [0.25, 0.3) is 0 Å². The number of guanidine groups is 1. The summed E-state index contributed by atoms with van der Waals surface area (Å²) >= 11 is 0. The van der Waals surface area contributed by atoms with Crippen molar-refractivity contribution in [2.24, 2.45) is 12.0 Å². The second-order valence-electron chi connectivity index (χ2n) is 7.57. The number of nitrogens with zero attached hydrogens (tertiary/aromatic N) is 6. The number of hydrogen-bond acceptors (Lipinski definition) is 4. The molecule has 9 heteroatoms. The molecular formula is C21H30FN7O. The van der Waals surface area contributed by atoms with E-state index in [1.54, 1.807) is 27.9 Å². The van der Waals surface area contributed by atoms with Gasteiger partial charge in [0, 0.05) is 32.9 Å². The summed E-state index contributed by atoms with van der Waals surface area (Å²) in [6.45, 7) is 4.62. The zero-order valence-corrected chi connectivity index (χ0v) is 18.0. The van der Waals surface area contributed by atoms with Crippen molar-refractivity contribution in [1.82, 2.24) is 24.9 Å². The first-order chi connectivity index (χ1) is 14.4. The predicted octanol–water partition coefficient (Wildman–Crippen LogP) is 1.48. The third kappa shape index (κ3) is 5.15. The summed E-state index contributed by atoms with van der Waals surface area (Å²) in [5, 5.41) is 7.44. The Morgan fingerprint density at radius 2 is 2.17 bits per heavy atom. The Kier molecular flexibility index (Phi) is 7.04. The zero-order chi connectivity index (χ0) is 21.7. The molecule has 1 saturated heterocycles. The van der Waals surface area contributed by atoms with Gasteiger partial charge in [0.2, 0.25) is 5.91 Å². The van der Waals surface area contributed by atoms with Crippen molar-refractivity contribution in [2.75, 3.05) is 51.7 Å². The summed E-state index contributed by atoms with van der Waals surface area (Å²) in [5.74, 6) is 0.446. The lowest BCUT2D eigenvalue weighted by Crippen LogP contribution is -2.55. The first kappa shape index (κ1) is 21.8. The van der Waals surface area contributed by atoms with Gasteiger partial charge >= 0.3 is 0 Å². The minimum Gasteiger partial charge on any atom is -0.357 e. The molecule has 162 valence electrons. The fourth-order valence-corrected chi connectivity index (χ4v) is 3.55. The highest BCUT2D eigenvalue weighted by Gasteiger charge is 2.28. The second-order valence-corrected chi connectivity index (χ2v) is 7.57. The van der Waals surface area contributed by atoms with Crippen LogP contribution in [0.2, 0.25) is 0 Å². The Bertz CT molecular complexity index is 895. The number of anilines is 1. The lowest BCUT2D eigenvalue weighted by atomic mass is 10.1. The number of benzene rings is 1. The molecule has 0 saturated carbocycles. The van der Waals surface area contributed by atoms with Crippen molar-refractivity contribution >= 4 is 17.6 Å². The molecule has 0 bridgehead atoms. The third-order valence-electron chi connectivity index (χ3n) is 5.13. The maximum Gasteiger partial charge on any atom is 0.246 e. The molecule has 1 amide bonds. The first-order valence-corrected chi connectivity index (χ1v) is 10.1. The number of halogens is 1. The topological polar surface area (TPSA) is 69.0 Å². The van der Waals surface area contributed by atoms with Crippen molar-refractivity contribution in [3.8, 4) is 0 Å². The van der Waals surface area contributed by atoms with Crippen molar-refractivity contribution in [3.05, 3.63) is 48.0 Å². The molecule has 1 N–H and O–H groups in total. The molecular weight excluding hydrogens is 385 g/mol. The number of aliphatic imine (C=N–C) groups is 1. The average molecular weight is 416 g/mol. The number of carbonyl (C=O) groups excluding carboxylic acids is 1. The minimum absolute atomic E-state index is 0.00847. The quantitative estimate of drug-likeness (QED) is 0.572. The molecule has 1 aromatic heterocycles. The first-order valence-electron chi connectivity index (χ1n) is 10.1. The van der Waals surface area contributed by atoms with Gasteiger partial charge < -0.3 is 20.0 Å². The third-order valence-corrected chi connectivity index (χ3v) is 5.13. The van der Waals surface area contributed by atoms with E-state index < -0.39 is 0 Å². The fraction of sp³-hybridized carbons (Fsp3) is 0.476. The van der Waals surface area contributed by atoms with E-state index in [1.807, 2.05) is 50.1 Å². The van der Waals surface area contributed by atoms with E-state index in [1.165, 1.54) is 6.07 Å². The summed E-state index contributed by atoms with van der Waals surface area (Å²) in [6.07, 6.45) is 3.54. The number of amides is 1. The smallest absolute Gasteiger partial charge is 0.246 e. The van der Waals surface area contributed by atoms with Gasteiger partial charge in [-0.1, -0.05) is 12.1 Å². The van der Waals surface area contributed by atoms with Gasteiger partial charge in [-0.2, -0.15) is 5.10 Å². The van der Waals surface area contributed by atoms with Crippen LogP contribution >= 0.6 is 0 Å². The maximum absolute atomic E-state index is 13.7. The molecule has 2 heterocycles. The fourth-order valence-electron chi connectivity index (χ4n) is 3.55. The molecule has 1 atom stereocenters. The Morgan fingerprint density at radius 1 is 1.37 bits per heavy atom. The summed E-state index contributed by atoms with van der Waals surface area (Å²) in [4.78, 5) is 23.3. The zero-order valence-electron chi connectivity index (χ0n) is 18.0. The molecule has 0 aliphatic carbocycles. The van der Waals surface area contributed by atoms with Crippen LogP contribution in [0.15, 0.2) is 41.7 Å². The molecule has 1 unspecified atom stereocenters. The molecule has 0 spiro atoms. The highest BCUT2D eigenvalue weighted by Crippen LogP contribution is 2.20. The van der Waals surface area contributed by atoms with Crippen molar-refractivity contribution in [3.63, 3.8) is 0 Å². The molecule has 1 aliphatic heterocycles. The standard InChI is InChI=1S/C21H30FN7O/c1-5-23-21(24-13-19(26(2)3)16-7-6-8-17(22)11-16)28-9-10-29(20(30)15-28)18-12-25-27(4)14-18/h6-8,11-12,14,19H,5,9-10,13,15H2,1-4H3,(H,23,24). The van der Waals surface area contributed by atoms with Crippen molar-refractivity contribution in [2.45, 2.75) is 13.0 Å².